The number of nitrogens with zero attached hydrogens (tertiary/aromatic N) is 2. The molecule has 4 rings (SSSR count). The van der Waals surface area contributed by atoms with Gasteiger partial charge < -0.3 is 19.7 Å². The van der Waals surface area contributed by atoms with Crippen molar-refractivity contribution in [3.63, 3.8) is 0 Å². The Hall–Kier alpha value is -2.52. The number of carbonyl (C=O) groups is 2. The Morgan fingerprint density at radius 3 is 2.69 bits per heavy atom. The van der Waals surface area contributed by atoms with Crippen molar-refractivity contribution in [3.8, 4) is 5.75 Å². The van der Waals surface area contributed by atoms with Crippen LogP contribution in [0.2, 0.25) is 10.0 Å². The number of ether oxygens (including phenoxy) is 2. The summed E-state index contributed by atoms with van der Waals surface area (Å²) in [6.45, 7) is 2.26. The topological polar surface area (TPSA) is 80.2 Å². The Balaban J connectivity index is 1.37. The van der Waals surface area contributed by atoms with E-state index >= 15 is 0 Å². The molecule has 2 aliphatic rings. The van der Waals surface area contributed by atoms with Crippen molar-refractivity contribution in [2.24, 2.45) is 4.99 Å². The summed E-state index contributed by atoms with van der Waals surface area (Å²) in [5.41, 5.74) is 1.30. The molecule has 2 heterocycles. The van der Waals surface area contributed by atoms with Crippen molar-refractivity contribution in [1.29, 1.82) is 0 Å². The molecule has 2 aliphatic heterocycles. The minimum Gasteiger partial charge on any atom is -0.484 e. The summed E-state index contributed by atoms with van der Waals surface area (Å²) in [5.74, 6) is 0.267. The second-order valence-corrected chi connectivity index (χ2v) is 8.72. The summed E-state index contributed by atoms with van der Waals surface area (Å²) in [6, 6.07) is 12.3. The fourth-order valence-electron chi connectivity index (χ4n) is 3.03. The SMILES string of the molecule is O=C1NC(=Nc2cccc(Cl)c2Cl)S/C1=C\c1ccc(OCC(=O)N2CCOCC2)cc1. The van der Waals surface area contributed by atoms with Gasteiger partial charge in [-0.1, -0.05) is 41.4 Å². The van der Waals surface area contributed by atoms with E-state index in [1.54, 1.807) is 41.3 Å². The number of amides is 2. The zero-order valence-electron chi connectivity index (χ0n) is 16.8. The van der Waals surface area contributed by atoms with Gasteiger partial charge in [-0.2, -0.15) is 0 Å². The maximum absolute atomic E-state index is 12.3. The first kappa shape index (κ1) is 22.7. The molecule has 2 saturated heterocycles. The third kappa shape index (κ3) is 5.63. The van der Waals surface area contributed by atoms with E-state index in [1.165, 1.54) is 11.8 Å². The number of amidine groups is 1. The number of benzene rings is 2. The first-order valence-corrected chi connectivity index (χ1v) is 11.4. The number of thioether (sulfide) groups is 1. The van der Waals surface area contributed by atoms with Gasteiger partial charge in [0.25, 0.3) is 11.8 Å². The van der Waals surface area contributed by atoms with Gasteiger partial charge >= 0.3 is 0 Å². The van der Waals surface area contributed by atoms with Crippen molar-refractivity contribution >= 4 is 63.7 Å². The van der Waals surface area contributed by atoms with Crippen LogP contribution in [0.15, 0.2) is 52.4 Å². The highest BCUT2D eigenvalue weighted by atomic mass is 35.5. The molecule has 1 N–H and O–H groups in total. The van der Waals surface area contributed by atoms with E-state index in [4.69, 9.17) is 32.7 Å². The van der Waals surface area contributed by atoms with Gasteiger partial charge in [-0.3, -0.25) is 9.59 Å². The molecule has 0 atom stereocenters. The summed E-state index contributed by atoms with van der Waals surface area (Å²) >= 11 is 13.4. The number of nitrogens with one attached hydrogen (secondary N) is 1. The maximum Gasteiger partial charge on any atom is 0.264 e. The normalized spacial score (nSPS) is 18.8. The fourth-order valence-corrected chi connectivity index (χ4v) is 4.20. The fraction of sp³-hybridized carbons (Fsp3) is 0.227. The second-order valence-electron chi connectivity index (χ2n) is 6.91. The van der Waals surface area contributed by atoms with Crippen molar-refractivity contribution in [2.45, 2.75) is 0 Å². The van der Waals surface area contributed by atoms with Crippen LogP contribution in [0.3, 0.4) is 0 Å². The lowest BCUT2D eigenvalue weighted by molar-refractivity contribution is -0.137. The van der Waals surface area contributed by atoms with Gasteiger partial charge in [0.1, 0.15) is 5.75 Å². The third-order valence-corrected chi connectivity index (χ3v) is 6.43. The van der Waals surface area contributed by atoms with Crippen molar-refractivity contribution in [2.75, 3.05) is 32.9 Å². The summed E-state index contributed by atoms with van der Waals surface area (Å²) in [4.78, 5) is 31.1. The van der Waals surface area contributed by atoms with E-state index < -0.39 is 0 Å². The summed E-state index contributed by atoms with van der Waals surface area (Å²) in [7, 11) is 0. The zero-order valence-corrected chi connectivity index (χ0v) is 19.2. The highest BCUT2D eigenvalue weighted by molar-refractivity contribution is 8.18. The highest BCUT2D eigenvalue weighted by Crippen LogP contribution is 2.34. The van der Waals surface area contributed by atoms with Crippen LogP contribution in [0.4, 0.5) is 5.69 Å². The van der Waals surface area contributed by atoms with E-state index in [2.05, 4.69) is 10.3 Å². The van der Waals surface area contributed by atoms with Crippen molar-refractivity contribution < 1.29 is 19.1 Å². The molecule has 2 aromatic carbocycles. The second kappa shape index (κ2) is 10.4. The number of hydrogen-bond donors (Lipinski definition) is 1. The number of halogens is 2. The molecule has 2 amide bonds. The quantitative estimate of drug-likeness (QED) is 0.636. The van der Waals surface area contributed by atoms with E-state index in [1.807, 2.05) is 12.1 Å². The number of aliphatic imine (C=N–C) groups is 1. The monoisotopic (exact) mass is 491 g/mol. The molecule has 0 unspecified atom stereocenters. The molecule has 32 heavy (non-hydrogen) atoms. The van der Waals surface area contributed by atoms with Gasteiger partial charge in [0.05, 0.1) is 33.9 Å². The van der Waals surface area contributed by atoms with E-state index in [-0.39, 0.29) is 18.4 Å². The van der Waals surface area contributed by atoms with Crippen LogP contribution < -0.4 is 10.1 Å². The van der Waals surface area contributed by atoms with Crippen LogP contribution in [0.25, 0.3) is 6.08 Å². The summed E-state index contributed by atoms with van der Waals surface area (Å²) in [5, 5.41) is 3.87. The van der Waals surface area contributed by atoms with E-state index in [0.29, 0.717) is 57.9 Å². The predicted molar refractivity (Wildman–Crippen MR) is 127 cm³/mol. The van der Waals surface area contributed by atoms with Gasteiger partial charge in [-0.25, -0.2) is 4.99 Å². The molecule has 0 aromatic heterocycles. The standard InChI is InChI=1S/C22H19Cl2N3O4S/c23-16-2-1-3-17(20(16)24)25-22-26-21(29)18(32-22)12-14-4-6-15(7-5-14)31-13-19(28)27-8-10-30-11-9-27/h1-7,12H,8-11,13H2,(H,25,26,29)/b18-12-. The zero-order chi connectivity index (χ0) is 22.5. The van der Waals surface area contributed by atoms with Crippen LogP contribution in [0, 0.1) is 0 Å². The van der Waals surface area contributed by atoms with Crippen molar-refractivity contribution in [1.82, 2.24) is 10.2 Å². The lowest BCUT2D eigenvalue weighted by atomic mass is 10.2. The largest absolute Gasteiger partial charge is 0.484 e. The lowest BCUT2D eigenvalue weighted by Crippen LogP contribution is -2.42. The van der Waals surface area contributed by atoms with Crippen LogP contribution in [-0.2, 0) is 14.3 Å². The third-order valence-electron chi connectivity index (χ3n) is 4.71. The highest BCUT2D eigenvalue weighted by Gasteiger charge is 2.24. The molecule has 0 aliphatic carbocycles. The Bertz CT molecular complexity index is 1080. The molecule has 7 nitrogen and oxygen atoms in total. The van der Waals surface area contributed by atoms with Gasteiger partial charge in [0.2, 0.25) is 0 Å². The van der Waals surface area contributed by atoms with E-state index in [9.17, 15) is 9.59 Å². The smallest absolute Gasteiger partial charge is 0.264 e. The molecular formula is C22H19Cl2N3O4S. The molecule has 0 spiro atoms. The van der Waals surface area contributed by atoms with Gasteiger partial charge in [0.15, 0.2) is 11.8 Å². The molecule has 166 valence electrons. The maximum atomic E-state index is 12.3. The minimum atomic E-state index is -0.247. The van der Waals surface area contributed by atoms with E-state index in [0.717, 1.165) is 5.56 Å². The minimum absolute atomic E-state index is 0.0232. The Labute approximate surface area is 199 Å². The van der Waals surface area contributed by atoms with Crippen LogP contribution in [0.1, 0.15) is 5.56 Å². The number of morpholine rings is 1. The average molecular weight is 492 g/mol. The number of hydrogen-bond acceptors (Lipinski definition) is 6. The number of carbonyl (C=O) groups excluding carboxylic acids is 2. The summed E-state index contributed by atoms with van der Waals surface area (Å²) in [6.07, 6.45) is 1.75. The Morgan fingerprint density at radius 1 is 1.19 bits per heavy atom. The molecule has 2 fully saturated rings. The Morgan fingerprint density at radius 2 is 1.94 bits per heavy atom. The number of rotatable bonds is 5. The van der Waals surface area contributed by atoms with Crippen molar-refractivity contribution in [3.05, 3.63) is 63.0 Å². The molecule has 10 heteroatoms. The molecule has 0 bridgehead atoms. The van der Waals surface area contributed by atoms with Gasteiger partial charge in [-0.15, -0.1) is 0 Å². The average Bonchev–Trinajstić information content (AvgIpc) is 3.15. The molecule has 0 saturated carbocycles. The van der Waals surface area contributed by atoms with Crippen LogP contribution >= 0.6 is 35.0 Å². The van der Waals surface area contributed by atoms with Gasteiger partial charge in [-0.05, 0) is 47.7 Å². The lowest BCUT2D eigenvalue weighted by Gasteiger charge is -2.26. The van der Waals surface area contributed by atoms with Crippen LogP contribution in [-0.4, -0.2) is 54.8 Å². The predicted octanol–water partition coefficient (Wildman–Crippen LogP) is 4.12. The summed E-state index contributed by atoms with van der Waals surface area (Å²) < 4.78 is 10.8. The van der Waals surface area contributed by atoms with Crippen LogP contribution in [0.5, 0.6) is 5.75 Å². The first-order chi connectivity index (χ1) is 15.5. The molecule has 2 aromatic rings. The first-order valence-electron chi connectivity index (χ1n) is 9.81. The molecular weight excluding hydrogens is 473 g/mol. The van der Waals surface area contributed by atoms with Gasteiger partial charge in [0, 0.05) is 13.1 Å². The molecule has 0 radical (unpaired) electrons. The Kier molecular flexibility index (Phi) is 7.36.